The molecule has 1 N–H and O–H groups in total. The standard InChI is InChI=1S/C20H27N3O4/c1-13-18(25)21-15-11-14(5-6-16(15)27-13)12-17(24)22-7-9-23(10-8-22)19(26)20(2,3)4/h5-6,11,13H,7-10,12H2,1-4H3,(H,21,25). The number of hydrogen-bond acceptors (Lipinski definition) is 4. The van der Waals surface area contributed by atoms with Crippen LogP contribution in [0, 0.1) is 5.41 Å². The fourth-order valence-corrected chi connectivity index (χ4v) is 3.29. The Kier molecular flexibility index (Phi) is 5.13. The first kappa shape index (κ1) is 19.2. The molecule has 3 rings (SSSR count). The second-order valence-electron chi connectivity index (χ2n) is 8.18. The topological polar surface area (TPSA) is 79.0 Å². The molecule has 3 amide bonds. The number of benzene rings is 1. The number of ether oxygens (including phenoxy) is 1. The van der Waals surface area contributed by atoms with Crippen LogP contribution < -0.4 is 10.1 Å². The largest absolute Gasteiger partial charge is 0.479 e. The number of rotatable bonds is 2. The van der Waals surface area contributed by atoms with E-state index in [1.54, 1.807) is 24.0 Å². The van der Waals surface area contributed by atoms with Crippen LogP contribution in [0.5, 0.6) is 5.75 Å². The van der Waals surface area contributed by atoms with Gasteiger partial charge in [0.05, 0.1) is 12.1 Å². The molecule has 7 heteroatoms. The molecule has 0 saturated carbocycles. The number of fused-ring (bicyclic) bond motifs is 1. The highest BCUT2D eigenvalue weighted by atomic mass is 16.5. The van der Waals surface area contributed by atoms with Crippen LogP contribution in [0.1, 0.15) is 33.3 Å². The Morgan fingerprint density at radius 3 is 2.41 bits per heavy atom. The summed E-state index contributed by atoms with van der Waals surface area (Å²) < 4.78 is 5.54. The summed E-state index contributed by atoms with van der Waals surface area (Å²) in [7, 11) is 0. The third-order valence-corrected chi connectivity index (χ3v) is 4.89. The third-order valence-electron chi connectivity index (χ3n) is 4.89. The summed E-state index contributed by atoms with van der Waals surface area (Å²) in [5, 5.41) is 2.80. The molecule has 1 aromatic rings. The molecule has 1 aromatic carbocycles. The van der Waals surface area contributed by atoms with Crippen molar-refractivity contribution in [1.29, 1.82) is 0 Å². The van der Waals surface area contributed by atoms with Gasteiger partial charge in [-0.2, -0.15) is 0 Å². The van der Waals surface area contributed by atoms with Gasteiger partial charge >= 0.3 is 0 Å². The minimum Gasteiger partial charge on any atom is -0.479 e. The van der Waals surface area contributed by atoms with E-state index in [9.17, 15) is 14.4 Å². The lowest BCUT2D eigenvalue weighted by molar-refractivity contribution is -0.144. The Morgan fingerprint density at radius 1 is 1.15 bits per heavy atom. The van der Waals surface area contributed by atoms with E-state index in [0.29, 0.717) is 37.6 Å². The van der Waals surface area contributed by atoms with Crippen LogP contribution in [0.2, 0.25) is 0 Å². The Bertz CT molecular complexity index is 761. The van der Waals surface area contributed by atoms with Crippen molar-refractivity contribution in [1.82, 2.24) is 9.80 Å². The van der Waals surface area contributed by atoms with Crippen molar-refractivity contribution in [3.63, 3.8) is 0 Å². The predicted octanol–water partition coefficient (Wildman–Crippen LogP) is 1.67. The van der Waals surface area contributed by atoms with Crippen molar-refractivity contribution in [3.8, 4) is 5.75 Å². The van der Waals surface area contributed by atoms with Crippen molar-refractivity contribution in [2.24, 2.45) is 5.41 Å². The molecular formula is C20H27N3O4. The molecule has 0 aromatic heterocycles. The summed E-state index contributed by atoms with van der Waals surface area (Å²) in [5.74, 6) is 0.571. The molecule has 0 spiro atoms. The Balaban J connectivity index is 1.58. The maximum absolute atomic E-state index is 12.6. The van der Waals surface area contributed by atoms with Crippen LogP contribution in [0.3, 0.4) is 0 Å². The van der Waals surface area contributed by atoms with Crippen molar-refractivity contribution < 1.29 is 19.1 Å². The van der Waals surface area contributed by atoms with Gasteiger partial charge in [0.2, 0.25) is 11.8 Å². The van der Waals surface area contributed by atoms with E-state index in [-0.39, 0.29) is 24.1 Å². The van der Waals surface area contributed by atoms with Gasteiger partial charge in [-0.15, -0.1) is 0 Å². The fraction of sp³-hybridized carbons (Fsp3) is 0.550. The number of carbonyl (C=O) groups excluding carboxylic acids is 3. The molecule has 7 nitrogen and oxygen atoms in total. The van der Waals surface area contributed by atoms with E-state index in [0.717, 1.165) is 5.56 Å². The first-order chi connectivity index (χ1) is 12.6. The zero-order chi connectivity index (χ0) is 19.8. The number of nitrogens with one attached hydrogen (secondary N) is 1. The molecule has 0 radical (unpaired) electrons. The lowest BCUT2D eigenvalue weighted by atomic mass is 9.94. The number of amides is 3. The SMILES string of the molecule is CC1Oc2ccc(CC(=O)N3CCN(C(=O)C(C)(C)C)CC3)cc2NC1=O. The van der Waals surface area contributed by atoms with Crippen LogP contribution in [0.25, 0.3) is 0 Å². The van der Waals surface area contributed by atoms with Crippen LogP contribution in [0.4, 0.5) is 5.69 Å². The van der Waals surface area contributed by atoms with E-state index < -0.39 is 11.5 Å². The second-order valence-corrected chi connectivity index (χ2v) is 8.18. The Morgan fingerprint density at radius 2 is 1.78 bits per heavy atom. The van der Waals surface area contributed by atoms with Gasteiger partial charge in [-0.1, -0.05) is 26.8 Å². The highest BCUT2D eigenvalue weighted by Crippen LogP contribution is 2.30. The molecule has 2 aliphatic rings. The quantitative estimate of drug-likeness (QED) is 0.855. The van der Waals surface area contributed by atoms with Gasteiger partial charge in [-0.3, -0.25) is 14.4 Å². The molecule has 146 valence electrons. The Hall–Kier alpha value is -2.57. The molecule has 27 heavy (non-hydrogen) atoms. The summed E-state index contributed by atoms with van der Waals surface area (Å²) in [4.78, 5) is 40.4. The molecular weight excluding hydrogens is 346 g/mol. The summed E-state index contributed by atoms with van der Waals surface area (Å²) in [6.07, 6.45) is -0.261. The van der Waals surface area contributed by atoms with Crippen molar-refractivity contribution >= 4 is 23.4 Å². The van der Waals surface area contributed by atoms with Crippen molar-refractivity contribution in [2.75, 3.05) is 31.5 Å². The molecule has 2 heterocycles. The molecule has 1 unspecified atom stereocenters. The van der Waals surface area contributed by atoms with Crippen LogP contribution in [0.15, 0.2) is 18.2 Å². The normalized spacial score (nSPS) is 19.9. The van der Waals surface area contributed by atoms with Crippen molar-refractivity contribution in [3.05, 3.63) is 23.8 Å². The maximum Gasteiger partial charge on any atom is 0.265 e. The van der Waals surface area contributed by atoms with Gasteiger partial charge in [0, 0.05) is 31.6 Å². The molecule has 2 aliphatic heterocycles. The van der Waals surface area contributed by atoms with E-state index >= 15 is 0 Å². The van der Waals surface area contributed by atoms with Gasteiger partial charge in [0.15, 0.2) is 6.10 Å². The van der Waals surface area contributed by atoms with Gasteiger partial charge in [-0.05, 0) is 24.6 Å². The lowest BCUT2D eigenvalue weighted by Crippen LogP contribution is -2.53. The summed E-state index contributed by atoms with van der Waals surface area (Å²) in [6, 6.07) is 5.42. The fourth-order valence-electron chi connectivity index (χ4n) is 3.29. The van der Waals surface area contributed by atoms with E-state index in [2.05, 4.69) is 5.32 Å². The van der Waals surface area contributed by atoms with Gasteiger partial charge in [0.1, 0.15) is 5.75 Å². The maximum atomic E-state index is 12.6. The van der Waals surface area contributed by atoms with E-state index in [1.165, 1.54) is 0 Å². The van der Waals surface area contributed by atoms with Gasteiger partial charge < -0.3 is 19.9 Å². The van der Waals surface area contributed by atoms with Gasteiger partial charge in [0.25, 0.3) is 5.91 Å². The first-order valence-electron chi connectivity index (χ1n) is 9.33. The number of carbonyl (C=O) groups is 3. The molecule has 1 atom stereocenters. The van der Waals surface area contributed by atoms with Gasteiger partial charge in [-0.25, -0.2) is 0 Å². The number of piperazine rings is 1. The van der Waals surface area contributed by atoms with Crippen LogP contribution in [-0.2, 0) is 20.8 Å². The number of nitrogens with zero attached hydrogens (tertiary/aromatic N) is 2. The average molecular weight is 373 g/mol. The Labute approximate surface area is 159 Å². The molecule has 1 saturated heterocycles. The average Bonchev–Trinajstić information content (AvgIpc) is 2.61. The lowest BCUT2D eigenvalue weighted by Gasteiger charge is -2.37. The zero-order valence-corrected chi connectivity index (χ0v) is 16.4. The third kappa shape index (κ3) is 4.23. The number of anilines is 1. The predicted molar refractivity (Wildman–Crippen MR) is 101 cm³/mol. The molecule has 0 aliphatic carbocycles. The van der Waals surface area contributed by atoms with Crippen LogP contribution >= 0.6 is 0 Å². The van der Waals surface area contributed by atoms with E-state index in [4.69, 9.17) is 4.74 Å². The van der Waals surface area contributed by atoms with Crippen LogP contribution in [-0.4, -0.2) is 59.8 Å². The first-order valence-corrected chi connectivity index (χ1v) is 9.33. The summed E-state index contributed by atoms with van der Waals surface area (Å²) in [5.41, 5.74) is 1.02. The summed E-state index contributed by atoms with van der Waals surface area (Å²) >= 11 is 0. The monoisotopic (exact) mass is 373 g/mol. The molecule has 0 bridgehead atoms. The highest BCUT2D eigenvalue weighted by Gasteiger charge is 2.31. The minimum absolute atomic E-state index is 0.0224. The number of hydrogen-bond donors (Lipinski definition) is 1. The van der Waals surface area contributed by atoms with Crippen molar-refractivity contribution in [2.45, 2.75) is 40.2 Å². The minimum atomic E-state index is -0.517. The highest BCUT2D eigenvalue weighted by molar-refractivity contribution is 5.97. The summed E-state index contributed by atoms with van der Waals surface area (Å²) in [6.45, 7) is 9.64. The second kappa shape index (κ2) is 7.21. The smallest absolute Gasteiger partial charge is 0.265 e. The molecule has 1 fully saturated rings. The van der Waals surface area contributed by atoms with E-state index in [1.807, 2.05) is 31.7 Å². The zero-order valence-electron chi connectivity index (χ0n) is 16.4.